The Kier molecular flexibility index (Phi) is 812. The third kappa shape index (κ3) is 90.2. The molecule has 0 aromatic carbocycles. The van der Waals surface area contributed by atoms with Gasteiger partial charge in [0.2, 0.25) is 0 Å². The first-order valence-corrected chi connectivity index (χ1v) is 4.24. The summed E-state index contributed by atoms with van der Waals surface area (Å²) in [6, 6.07) is 0. The van der Waals surface area contributed by atoms with Crippen LogP contribution in [0.25, 0.3) is 0 Å². The molecular formula is C2H13CuNSi2. The Labute approximate surface area is 57.2 Å². The molecule has 0 aliphatic carbocycles. The minimum atomic E-state index is 0. The Morgan fingerprint density at radius 2 is 0.833 bits per heavy atom. The van der Waals surface area contributed by atoms with Crippen LogP contribution in [0.4, 0.5) is 0 Å². The Balaban J connectivity index is -0.00000000500. The van der Waals surface area contributed by atoms with Crippen molar-refractivity contribution in [1.29, 1.82) is 0 Å². The first-order chi connectivity index (χ1) is 2.00. The van der Waals surface area contributed by atoms with Crippen LogP contribution < -0.4 is 6.15 Å². The van der Waals surface area contributed by atoms with E-state index in [4.69, 9.17) is 0 Å². The van der Waals surface area contributed by atoms with Gasteiger partial charge in [0.1, 0.15) is 0 Å². The van der Waals surface area contributed by atoms with E-state index in [-0.39, 0.29) is 23.2 Å². The maximum absolute atomic E-state index is 2.03. The summed E-state index contributed by atoms with van der Waals surface area (Å²) in [7, 11) is 3.72. The third-order valence-corrected chi connectivity index (χ3v) is 0. The summed E-state index contributed by atoms with van der Waals surface area (Å²) < 4.78 is 0. The molecule has 0 spiro atoms. The molecule has 0 unspecified atom stereocenters. The van der Waals surface area contributed by atoms with Crippen LogP contribution in [-0.2, 0) is 17.1 Å². The summed E-state index contributed by atoms with van der Waals surface area (Å²) in [5.41, 5.74) is 0. The van der Waals surface area contributed by atoms with Gasteiger partial charge in [-0.1, -0.05) is 0 Å². The number of hydrogen-bond donors (Lipinski definition) is 1. The van der Waals surface area contributed by atoms with Crippen molar-refractivity contribution < 1.29 is 17.1 Å². The SMILES string of the molecule is C[SiH2-].C[SiH2-].N.[Cu+2]. The molecule has 6 heavy (non-hydrogen) atoms. The fourth-order valence-corrected chi connectivity index (χ4v) is 0. The zero-order valence-corrected chi connectivity index (χ0v) is 8.19. The molecule has 0 aliphatic heterocycles. The normalized spacial score (nSPS) is 2.00. The molecule has 0 heterocycles. The van der Waals surface area contributed by atoms with Crippen LogP contribution in [0.2, 0.25) is 13.1 Å². The molecule has 0 rings (SSSR count). The van der Waals surface area contributed by atoms with Crippen LogP contribution in [0.3, 0.4) is 0 Å². The second-order valence-electron chi connectivity index (χ2n) is 0. The van der Waals surface area contributed by atoms with E-state index in [1.807, 2.05) is 33.6 Å². The van der Waals surface area contributed by atoms with Gasteiger partial charge in [0, 0.05) is 0 Å². The van der Waals surface area contributed by atoms with E-state index in [2.05, 4.69) is 0 Å². The molecule has 0 saturated carbocycles. The maximum atomic E-state index is 2.03. The van der Waals surface area contributed by atoms with E-state index < -0.39 is 0 Å². The van der Waals surface area contributed by atoms with E-state index in [1.165, 1.54) is 0 Å². The molecule has 0 fully saturated rings. The van der Waals surface area contributed by atoms with Crippen molar-refractivity contribution in [1.82, 2.24) is 6.15 Å². The van der Waals surface area contributed by atoms with Crippen molar-refractivity contribution in [2.75, 3.05) is 0 Å². The molecule has 0 saturated heterocycles. The van der Waals surface area contributed by atoms with Crippen molar-refractivity contribution in [3.63, 3.8) is 0 Å². The van der Waals surface area contributed by atoms with Gasteiger partial charge < -0.3 is 26.6 Å². The Morgan fingerprint density at radius 3 is 0.833 bits per heavy atom. The first kappa shape index (κ1) is 28.5. The van der Waals surface area contributed by atoms with Gasteiger partial charge in [0.25, 0.3) is 0 Å². The summed E-state index contributed by atoms with van der Waals surface area (Å²) in [6.45, 7) is 4.06. The van der Waals surface area contributed by atoms with Crippen molar-refractivity contribution in [2.24, 2.45) is 0 Å². The summed E-state index contributed by atoms with van der Waals surface area (Å²) in [5.74, 6) is 0. The van der Waals surface area contributed by atoms with Gasteiger partial charge in [-0.2, -0.15) is 13.1 Å². The van der Waals surface area contributed by atoms with Gasteiger partial charge in [0.15, 0.2) is 0 Å². The fraction of sp³-hybridized carbons (Fsp3) is 1.00. The average molecular weight is 171 g/mol. The molecule has 0 aromatic rings. The van der Waals surface area contributed by atoms with Crippen molar-refractivity contribution >= 4 is 20.5 Å². The van der Waals surface area contributed by atoms with Crippen molar-refractivity contribution in [3.05, 3.63) is 0 Å². The van der Waals surface area contributed by atoms with Crippen LogP contribution in [0, 0.1) is 0 Å². The van der Waals surface area contributed by atoms with E-state index in [0.29, 0.717) is 0 Å². The fourth-order valence-electron chi connectivity index (χ4n) is 0. The molecular weight excluding hydrogens is 158 g/mol. The third-order valence-electron chi connectivity index (χ3n) is 0. The monoisotopic (exact) mass is 170 g/mol. The molecule has 45 valence electrons. The number of rotatable bonds is 0. The molecule has 3 N–H and O–H groups in total. The Morgan fingerprint density at radius 1 is 0.833 bits per heavy atom. The summed E-state index contributed by atoms with van der Waals surface area (Å²) in [6.07, 6.45) is 0. The minimum absolute atomic E-state index is 0. The van der Waals surface area contributed by atoms with E-state index in [9.17, 15) is 0 Å². The van der Waals surface area contributed by atoms with Crippen LogP contribution >= 0.6 is 0 Å². The second kappa shape index (κ2) is 171. The molecule has 0 atom stereocenters. The van der Waals surface area contributed by atoms with Crippen LogP contribution in [-0.4, -0.2) is 20.5 Å². The van der Waals surface area contributed by atoms with Gasteiger partial charge in [-0.05, 0) is 0 Å². The van der Waals surface area contributed by atoms with Crippen LogP contribution in [0.5, 0.6) is 0 Å². The van der Waals surface area contributed by atoms with E-state index in [1.54, 1.807) is 0 Å². The predicted octanol–water partition coefficient (Wildman–Crippen LogP) is -0.505. The van der Waals surface area contributed by atoms with Crippen LogP contribution in [0.1, 0.15) is 0 Å². The molecule has 0 amide bonds. The van der Waals surface area contributed by atoms with E-state index in [0.717, 1.165) is 0 Å². The average Bonchev–Trinajstić information content (AvgIpc) is 1.50. The summed E-state index contributed by atoms with van der Waals surface area (Å²) >= 11 is 0. The summed E-state index contributed by atoms with van der Waals surface area (Å²) in [4.78, 5) is 0. The van der Waals surface area contributed by atoms with Crippen LogP contribution in [0.15, 0.2) is 0 Å². The molecule has 4 heteroatoms. The maximum Gasteiger partial charge on any atom is 2.00 e. The van der Waals surface area contributed by atoms with Gasteiger partial charge in [-0.25, -0.2) is 0 Å². The molecule has 1 nitrogen and oxygen atoms in total. The molecule has 0 aliphatic rings. The van der Waals surface area contributed by atoms with E-state index >= 15 is 0 Å². The Hall–Kier alpha value is 0.913. The predicted molar refractivity (Wildman–Crippen MR) is 33.8 cm³/mol. The Bertz CT molecular complexity index is 11.5. The molecule has 1 radical (unpaired) electrons. The molecule has 0 aromatic heterocycles. The topological polar surface area (TPSA) is 35.0 Å². The quantitative estimate of drug-likeness (QED) is 0.489. The van der Waals surface area contributed by atoms with Gasteiger partial charge in [-0.15, -0.1) is 0 Å². The zero-order valence-electron chi connectivity index (χ0n) is 4.42. The standard InChI is InChI=1S/2CH5Si.Cu.H3N/c2*1-2;;/h2*2H2,1H3;;1H3/q2*-1;+2;. The zero-order chi connectivity index (χ0) is 4.00. The largest absolute Gasteiger partial charge is 2.00 e. The van der Waals surface area contributed by atoms with Gasteiger partial charge >= 0.3 is 17.1 Å². The minimum Gasteiger partial charge on any atom is -0.344 e. The summed E-state index contributed by atoms with van der Waals surface area (Å²) in [5, 5.41) is 0. The second-order valence-corrected chi connectivity index (χ2v) is 0. The first-order valence-electron chi connectivity index (χ1n) is 1.41. The number of hydrogen-bond acceptors (Lipinski definition) is 1. The van der Waals surface area contributed by atoms with Gasteiger partial charge in [0.05, 0.1) is 0 Å². The van der Waals surface area contributed by atoms with Crippen molar-refractivity contribution in [2.45, 2.75) is 13.1 Å². The smallest absolute Gasteiger partial charge is 0.344 e. The molecule has 0 bridgehead atoms. The van der Waals surface area contributed by atoms with Crippen molar-refractivity contribution in [3.8, 4) is 0 Å². The van der Waals surface area contributed by atoms with Gasteiger partial charge in [-0.3, -0.25) is 0 Å².